The maximum atomic E-state index is 12.1. The average Bonchev–Trinajstić information content (AvgIpc) is 2.19. The normalized spacial score (nSPS) is 11.4. The van der Waals surface area contributed by atoms with Crippen LogP contribution in [0.15, 0.2) is 18.2 Å². The lowest BCUT2D eigenvalue weighted by Gasteiger charge is -2.17. The number of alkyl halides is 2. The van der Waals surface area contributed by atoms with E-state index in [1.807, 2.05) is 12.1 Å². The molecule has 0 aliphatic carbocycles. The predicted molar refractivity (Wildman–Crippen MR) is 61.7 cm³/mol. The van der Waals surface area contributed by atoms with Gasteiger partial charge in [-0.05, 0) is 24.2 Å². The first-order valence-electron chi connectivity index (χ1n) is 4.97. The maximum Gasteiger partial charge on any atom is 0.251 e. The molecule has 0 radical (unpaired) electrons. The molecule has 0 atom stereocenters. The third kappa shape index (κ3) is 4.04. The van der Waals surface area contributed by atoms with Gasteiger partial charge in [-0.15, -0.1) is 0 Å². The summed E-state index contributed by atoms with van der Waals surface area (Å²) in [6.07, 6.45) is -2.33. The molecule has 1 rings (SSSR count). The van der Waals surface area contributed by atoms with Gasteiger partial charge >= 0.3 is 0 Å². The van der Waals surface area contributed by atoms with Crippen LogP contribution in [0.2, 0.25) is 5.02 Å². The van der Waals surface area contributed by atoms with E-state index in [4.69, 9.17) is 17.3 Å². The largest absolute Gasteiger partial charge is 0.326 e. The fourth-order valence-corrected chi connectivity index (χ4v) is 1.70. The third-order valence-electron chi connectivity index (χ3n) is 2.24. The SMILES string of the molecule is CN(Cc1ccc(CN)cc1Cl)CC(F)F. The minimum Gasteiger partial charge on any atom is -0.326 e. The number of nitrogens with two attached hydrogens (primary N) is 1. The summed E-state index contributed by atoms with van der Waals surface area (Å²) in [7, 11) is 1.64. The van der Waals surface area contributed by atoms with Crippen LogP contribution in [0.25, 0.3) is 0 Å². The van der Waals surface area contributed by atoms with Gasteiger partial charge in [0.2, 0.25) is 0 Å². The lowest BCUT2D eigenvalue weighted by Crippen LogP contribution is -2.24. The molecule has 0 spiro atoms. The summed E-state index contributed by atoms with van der Waals surface area (Å²) in [5.41, 5.74) is 7.24. The lowest BCUT2D eigenvalue weighted by atomic mass is 10.1. The molecule has 0 aromatic heterocycles. The van der Waals surface area contributed by atoms with Crippen LogP contribution in [0.4, 0.5) is 8.78 Å². The first-order valence-corrected chi connectivity index (χ1v) is 5.34. The number of rotatable bonds is 5. The van der Waals surface area contributed by atoms with E-state index >= 15 is 0 Å². The van der Waals surface area contributed by atoms with Crippen LogP contribution in [0.5, 0.6) is 0 Å². The summed E-state index contributed by atoms with van der Waals surface area (Å²) in [5, 5.41) is 0.573. The molecular weight excluding hydrogens is 234 g/mol. The minimum atomic E-state index is -2.33. The van der Waals surface area contributed by atoms with Crippen molar-refractivity contribution in [2.45, 2.75) is 19.5 Å². The van der Waals surface area contributed by atoms with Crippen molar-refractivity contribution in [3.63, 3.8) is 0 Å². The number of halogens is 3. The van der Waals surface area contributed by atoms with Crippen molar-refractivity contribution in [2.75, 3.05) is 13.6 Å². The average molecular weight is 249 g/mol. The topological polar surface area (TPSA) is 29.3 Å². The van der Waals surface area contributed by atoms with Crippen LogP contribution >= 0.6 is 11.6 Å². The second kappa shape index (κ2) is 6.13. The first-order chi connectivity index (χ1) is 7.52. The zero-order valence-corrected chi connectivity index (χ0v) is 9.85. The highest BCUT2D eigenvalue weighted by molar-refractivity contribution is 6.31. The Morgan fingerprint density at radius 3 is 2.62 bits per heavy atom. The fourth-order valence-electron chi connectivity index (χ4n) is 1.44. The van der Waals surface area contributed by atoms with Gasteiger partial charge in [0.25, 0.3) is 6.43 Å². The zero-order chi connectivity index (χ0) is 12.1. The van der Waals surface area contributed by atoms with Gasteiger partial charge in [-0.1, -0.05) is 23.7 Å². The van der Waals surface area contributed by atoms with Crippen molar-refractivity contribution < 1.29 is 8.78 Å². The fraction of sp³-hybridized carbons (Fsp3) is 0.455. The van der Waals surface area contributed by atoms with Crippen molar-refractivity contribution in [2.24, 2.45) is 5.73 Å². The van der Waals surface area contributed by atoms with Gasteiger partial charge in [-0.25, -0.2) is 8.78 Å². The molecular formula is C11H15ClF2N2. The predicted octanol–water partition coefficient (Wildman–Crippen LogP) is 2.50. The summed E-state index contributed by atoms with van der Waals surface area (Å²) in [6, 6.07) is 5.46. The highest BCUT2D eigenvalue weighted by atomic mass is 35.5. The second-order valence-corrected chi connectivity index (χ2v) is 4.12. The first kappa shape index (κ1) is 13.4. The van der Waals surface area contributed by atoms with Gasteiger partial charge < -0.3 is 5.73 Å². The Hall–Kier alpha value is -0.710. The molecule has 1 aromatic rings. The monoisotopic (exact) mass is 248 g/mol. The Kier molecular flexibility index (Phi) is 5.12. The number of nitrogens with zero attached hydrogens (tertiary/aromatic N) is 1. The van der Waals surface area contributed by atoms with Crippen molar-refractivity contribution in [1.82, 2.24) is 4.90 Å². The lowest BCUT2D eigenvalue weighted by molar-refractivity contribution is 0.0975. The van der Waals surface area contributed by atoms with Crippen molar-refractivity contribution in [1.29, 1.82) is 0 Å². The number of hydrogen-bond acceptors (Lipinski definition) is 2. The Bertz CT molecular complexity index is 345. The van der Waals surface area contributed by atoms with E-state index in [1.54, 1.807) is 13.1 Å². The Labute approximate surface area is 99.0 Å². The van der Waals surface area contributed by atoms with Crippen LogP contribution in [-0.2, 0) is 13.1 Å². The minimum absolute atomic E-state index is 0.255. The molecule has 16 heavy (non-hydrogen) atoms. The molecule has 0 saturated heterocycles. The van der Waals surface area contributed by atoms with E-state index in [9.17, 15) is 8.78 Å². The summed E-state index contributed by atoms with van der Waals surface area (Å²) in [5.74, 6) is 0. The van der Waals surface area contributed by atoms with Gasteiger partial charge in [0, 0.05) is 18.1 Å². The molecule has 5 heteroatoms. The number of benzene rings is 1. The van der Waals surface area contributed by atoms with Gasteiger partial charge in [-0.2, -0.15) is 0 Å². The van der Waals surface area contributed by atoms with E-state index in [0.717, 1.165) is 11.1 Å². The van der Waals surface area contributed by atoms with Gasteiger partial charge in [-0.3, -0.25) is 4.90 Å². The van der Waals surface area contributed by atoms with Crippen LogP contribution in [0, 0.1) is 0 Å². The molecule has 0 fully saturated rings. The van der Waals surface area contributed by atoms with Gasteiger partial charge in [0.1, 0.15) is 0 Å². The standard InChI is InChI=1S/C11H15ClF2N2/c1-16(7-11(13)14)6-9-3-2-8(5-15)4-10(9)12/h2-4,11H,5-7,15H2,1H3. The molecule has 0 unspecified atom stereocenters. The van der Waals surface area contributed by atoms with Crippen LogP contribution < -0.4 is 5.73 Å². The molecule has 2 N–H and O–H groups in total. The molecule has 0 amide bonds. The van der Waals surface area contributed by atoms with Crippen molar-refractivity contribution in [3.8, 4) is 0 Å². The Morgan fingerprint density at radius 2 is 2.12 bits per heavy atom. The zero-order valence-electron chi connectivity index (χ0n) is 9.09. The van der Waals surface area contributed by atoms with Crippen LogP contribution in [0.3, 0.4) is 0 Å². The number of hydrogen-bond donors (Lipinski definition) is 1. The molecule has 90 valence electrons. The maximum absolute atomic E-state index is 12.1. The summed E-state index contributed by atoms with van der Waals surface area (Å²) in [4.78, 5) is 1.54. The summed E-state index contributed by atoms with van der Waals surface area (Å²) >= 11 is 6.02. The van der Waals surface area contributed by atoms with Gasteiger partial charge in [0.05, 0.1) is 6.54 Å². The molecule has 0 aliphatic rings. The molecule has 1 aromatic carbocycles. The van der Waals surface area contributed by atoms with E-state index in [2.05, 4.69) is 0 Å². The van der Waals surface area contributed by atoms with Crippen LogP contribution in [-0.4, -0.2) is 24.9 Å². The molecule has 2 nitrogen and oxygen atoms in total. The summed E-state index contributed by atoms with van der Waals surface area (Å²) < 4.78 is 24.2. The van der Waals surface area contributed by atoms with Gasteiger partial charge in [0.15, 0.2) is 0 Å². The van der Waals surface area contributed by atoms with E-state index in [-0.39, 0.29) is 6.54 Å². The highest BCUT2D eigenvalue weighted by Gasteiger charge is 2.10. The van der Waals surface area contributed by atoms with E-state index in [0.29, 0.717) is 18.1 Å². The van der Waals surface area contributed by atoms with Crippen LogP contribution in [0.1, 0.15) is 11.1 Å². The smallest absolute Gasteiger partial charge is 0.251 e. The Balaban J connectivity index is 2.66. The molecule has 0 bridgehead atoms. The van der Waals surface area contributed by atoms with Crippen molar-refractivity contribution in [3.05, 3.63) is 34.3 Å². The summed E-state index contributed by atoms with van der Waals surface area (Å²) in [6.45, 7) is 0.579. The molecule has 0 saturated carbocycles. The Morgan fingerprint density at radius 1 is 1.44 bits per heavy atom. The highest BCUT2D eigenvalue weighted by Crippen LogP contribution is 2.19. The molecule has 0 heterocycles. The third-order valence-corrected chi connectivity index (χ3v) is 2.59. The van der Waals surface area contributed by atoms with E-state index < -0.39 is 6.43 Å². The molecule has 0 aliphatic heterocycles. The second-order valence-electron chi connectivity index (χ2n) is 3.72. The quantitative estimate of drug-likeness (QED) is 0.868. The van der Waals surface area contributed by atoms with E-state index in [1.165, 1.54) is 4.90 Å². The van der Waals surface area contributed by atoms with Crippen molar-refractivity contribution >= 4 is 11.6 Å².